The van der Waals surface area contributed by atoms with Crippen LogP contribution >= 0.6 is 11.6 Å². The van der Waals surface area contributed by atoms with Crippen LogP contribution in [-0.2, 0) is 4.74 Å². The first kappa shape index (κ1) is 19.6. The second kappa shape index (κ2) is 8.08. The molecule has 0 aromatic carbocycles. The van der Waals surface area contributed by atoms with Gasteiger partial charge in [-0.15, -0.1) is 0 Å². The van der Waals surface area contributed by atoms with Gasteiger partial charge in [-0.3, -0.25) is 0 Å². The van der Waals surface area contributed by atoms with E-state index in [1.165, 1.54) is 6.33 Å². The Morgan fingerprint density at radius 2 is 2.16 bits per heavy atom. The number of carbonyl (C=O) groups is 1. The van der Waals surface area contributed by atoms with Gasteiger partial charge in [-0.05, 0) is 46.5 Å². The van der Waals surface area contributed by atoms with Crippen molar-refractivity contribution in [3.63, 3.8) is 0 Å². The maximum absolute atomic E-state index is 12.0. The number of nitrogens with one attached hydrogen (secondary N) is 2. The highest BCUT2D eigenvalue weighted by Gasteiger charge is 2.29. The summed E-state index contributed by atoms with van der Waals surface area (Å²) in [6.07, 6.45) is 3.17. The smallest absolute Gasteiger partial charge is 0.407 e. The van der Waals surface area contributed by atoms with Gasteiger partial charge in [0, 0.05) is 26.2 Å². The summed E-state index contributed by atoms with van der Waals surface area (Å²) in [5.74, 6) is 1.11. The Labute approximate surface area is 154 Å². The van der Waals surface area contributed by atoms with E-state index in [1.807, 2.05) is 34.7 Å². The number of anilines is 2. The second-order valence-electron chi connectivity index (χ2n) is 7.40. The third-order valence-corrected chi connectivity index (χ3v) is 4.53. The maximum Gasteiger partial charge on any atom is 0.407 e. The van der Waals surface area contributed by atoms with Crippen molar-refractivity contribution in [2.45, 2.75) is 52.2 Å². The van der Waals surface area contributed by atoms with Crippen molar-refractivity contribution in [3.05, 3.63) is 11.5 Å². The van der Waals surface area contributed by atoms with Gasteiger partial charge in [0.15, 0.2) is 11.0 Å². The third kappa shape index (κ3) is 5.36. The molecule has 1 fully saturated rings. The number of ether oxygens (including phenoxy) is 1. The third-order valence-electron chi connectivity index (χ3n) is 4.24. The van der Waals surface area contributed by atoms with Crippen LogP contribution in [0.1, 0.15) is 40.5 Å². The number of rotatable bonds is 4. The number of aromatic nitrogens is 2. The molecule has 1 aromatic heterocycles. The van der Waals surface area contributed by atoms with E-state index in [0.29, 0.717) is 11.1 Å². The summed E-state index contributed by atoms with van der Waals surface area (Å²) in [5.41, 5.74) is 0.236. The number of carbonyl (C=O) groups excluding carboxylic acids is 1. The van der Waals surface area contributed by atoms with E-state index in [9.17, 15) is 4.79 Å². The molecule has 0 radical (unpaired) electrons. The molecule has 2 atom stereocenters. The van der Waals surface area contributed by atoms with Crippen LogP contribution in [0.2, 0.25) is 5.15 Å². The van der Waals surface area contributed by atoms with Crippen molar-refractivity contribution >= 4 is 29.2 Å². The molecule has 1 amide bonds. The van der Waals surface area contributed by atoms with E-state index in [0.717, 1.165) is 37.4 Å². The monoisotopic (exact) mass is 369 g/mol. The van der Waals surface area contributed by atoms with Gasteiger partial charge in [-0.25, -0.2) is 14.8 Å². The largest absolute Gasteiger partial charge is 0.444 e. The van der Waals surface area contributed by atoms with Gasteiger partial charge in [-0.2, -0.15) is 0 Å². The van der Waals surface area contributed by atoms with Crippen LogP contribution in [0.4, 0.5) is 16.3 Å². The molecule has 7 nitrogen and oxygen atoms in total. The van der Waals surface area contributed by atoms with E-state index in [2.05, 4.69) is 25.5 Å². The van der Waals surface area contributed by atoms with Gasteiger partial charge in [0.1, 0.15) is 17.6 Å². The van der Waals surface area contributed by atoms with Crippen LogP contribution in [0.5, 0.6) is 0 Å². The SMILES string of the molecule is CNc1c(Cl)ncnc1N1CCCC(C(C)NC(=O)OC(C)(C)C)C1. The highest BCUT2D eigenvalue weighted by Crippen LogP contribution is 2.32. The maximum atomic E-state index is 12.0. The Morgan fingerprint density at radius 1 is 1.44 bits per heavy atom. The van der Waals surface area contributed by atoms with Gasteiger partial charge in [0.2, 0.25) is 0 Å². The average molecular weight is 370 g/mol. The predicted molar refractivity (Wildman–Crippen MR) is 100 cm³/mol. The molecule has 1 aliphatic rings. The lowest BCUT2D eigenvalue weighted by molar-refractivity contribution is 0.0489. The molecule has 0 aliphatic carbocycles. The fourth-order valence-corrected chi connectivity index (χ4v) is 3.25. The lowest BCUT2D eigenvalue weighted by atomic mass is 9.91. The highest BCUT2D eigenvalue weighted by atomic mass is 35.5. The fourth-order valence-electron chi connectivity index (χ4n) is 3.03. The molecule has 1 aliphatic heterocycles. The molecule has 0 saturated carbocycles. The van der Waals surface area contributed by atoms with Gasteiger partial charge < -0.3 is 20.3 Å². The molecular formula is C17H28ClN5O2. The Kier molecular flexibility index (Phi) is 6.32. The average Bonchev–Trinajstić information content (AvgIpc) is 2.52. The van der Waals surface area contributed by atoms with E-state index in [4.69, 9.17) is 16.3 Å². The summed E-state index contributed by atoms with van der Waals surface area (Å²) in [5, 5.41) is 6.44. The highest BCUT2D eigenvalue weighted by molar-refractivity contribution is 6.32. The molecular weight excluding hydrogens is 342 g/mol. The molecule has 2 heterocycles. The Bertz CT molecular complexity index is 605. The van der Waals surface area contributed by atoms with Crippen LogP contribution in [0.3, 0.4) is 0 Å². The van der Waals surface area contributed by atoms with Gasteiger partial charge >= 0.3 is 6.09 Å². The van der Waals surface area contributed by atoms with Crippen molar-refractivity contribution in [2.24, 2.45) is 5.92 Å². The van der Waals surface area contributed by atoms with E-state index < -0.39 is 5.60 Å². The molecule has 1 aromatic rings. The van der Waals surface area contributed by atoms with E-state index >= 15 is 0 Å². The van der Waals surface area contributed by atoms with Crippen LogP contribution < -0.4 is 15.5 Å². The summed E-state index contributed by atoms with van der Waals surface area (Å²) < 4.78 is 5.35. The first-order valence-corrected chi connectivity index (χ1v) is 9.01. The molecule has 8 heteroatoms. The lowest BCUT2D eigenvalue weighted by Gasteiger charge is -2.37. The van der Waals surface area contributed by atoms with E-state index in [1.54, 1.807) is 0 Å². The van der Waals surface area contributed by atoms with Crippen LogP contribution in [0, 0.1) is 5.92 Å². The molecule has 0 spiro atoms. The quantitative estimate of drug-likeness (QED) is 0.793. The molecule has 140 valence electrons. The normalized spacial score (nSPS) is 19.3. The first-order chi connectivity index (χ1) is 11.7. The van der Waals surface area contributed by atoms with E-state index in [-0.39, 0.29) is 12.1 Å². The number of nitrogens with zero attached hydrogens (tertiary/aromatic N) is 3. The first-order valence-electron chi connectivity index (χ1n) is 8.64. The standard InChI is InChI=1S/C17H28ClN5O2/c1-11(22-16(24)25-17(2,3)4)12-7-6-8-23(9-12)15-13(19-5)14(18)20-10-21-15/h10-12,19H,6-9H2,1-5H3,(H,22,24). The number of amides is 1. The number of hydrogen-bond donors (Lipinski definition) is 2. The minimum atomic E-state index is -0.498. The zero-order chi connectivity index (χ0) is 18.6. The van der Waals surface area contributed by atoms with Crippen LogP contribution in [-0.4, -0.2) is 47.8 Å². The zero-order valence-electron chi connectivity index (χ0n) is 15.6. The summed E-state index contributed by atoms with van der Waals surface area (Å²) in [6, 6.07) is 0.00740. The van der Waals surface area contributed by atoms with Gasteiger partial charge in [0.05, 0.1) is 0 Å². The van der Waals surface area contributed by atoms with Crippen molar-refractivity contribution < 1.29 is 9.53 Å². The summed E-state index contributed by atoms with van der Waals surface area (Å²) in [6.45, 7) is 9.29. The summed E-state index contributed by atoms with van der Waals surface area (Å²) in [4.78, 5) is 22.6. The zero-order valence-corrected chi connectivity index (χ0v) is 16.4. The summed E-state index contributed by atoms with van der Waals surface area (Å²) in [7, 11) is 1.81. The van der Waals surface area contributed by atoms with Crippen LogP contribution in [0.15, 0.2) is 6.33 Å². The van der Waals surface area contributed by atoms with Crippen LogP contribution in [0.25, 0.3) is 0 Å². The number of piperidine rings is 1. The minimum Gasteiger partial charge on any atom is -0.444 e. The fraction of sp³-hybridized carbons (Fsp3) is 0.706. The molecule has 1 saturated heterocycles. The Balaban J connectivity index is 2.03. The molecule has 2 rings (SSSR count). The Morgan fingerprint density at radius 3 is 2.80 bits per heavy atom. The van der Waals surface area contributed by atoms with Crippen molar-refractivity contribution in [1.29, 1.82) is 0 Å². The molecule has 2 N–H and O–H groups in total. The minimum absolute atomic E-state index is 0.00740. The molecule has 25 heavy (non-hydrogen) atoms. The van der Waals surface area contributed by atoms with Crippen molar-refractivity contribution in [1.82, 2.24) is 15.3 Å². The Hall–Kier alpha value is -1.76. The molecule has 0 bridgehead atoms. The number of hydrogen-bond acceptors (Lipinski definition) is 6. The second-order valence-corrected chi connectivity index (χ2v) is 7.75. The number of alkyl carbamates (subject to hydrolysis) is 1. The van der Waals surface area contributed by atoms with Crippen molar-refractivity contribution in [3.8, 4) is 0 Å². The predicted octanol–water partition coefficient (Wildman–Crippen LogP) is 3.30. The van der Waals surface area contributed by atoms with Crippen molar-refractivity contribution in [2.75, 3.05) is 30.4 Å². The lowest BCUT2D eigenvalue weighted by Crippen LogP contribution is -2.47. The number of halogens is 1. The van der Waals surface area contributed by atoms with Gasteiger partial charge in [-0.1, -0.05) is 11.6 Å². The topological polar surface area (TPSA) is 79.4 Å². The summed E-state index contributed by atoms with van der Waals surface area (Å²) >= 11 is 6.16. The molecule has 2 unspecified atom stereocenters. The van der Waals surface area contributed by atoms with Gasteiger partial charge in [0.25, 0.3) is 0 Å².